The van der Waals surface area contributed by atoms with Gasteiger partial charge in [-0.25, -0.2) is 8.42 Å². The Balaban J connectivity index is 1.77. The second-order valence-corrected chi connectivity index (χ2v) is 10.5. The van der Waals surface area contributed by atoms with Gasteiger partial charge in [0, 0.05) is 6.54 Å². The quantitative estimate of drug-likeness (QED) is 0.488. The van der Waals surface area contributed by atoms with E-state index in [-0.39, 0.29) is 10.8 Å². The smallest absolute Gasteiger partial charge is 0.241 e. The first kappa shape index (κ1) is 24.2. The molecule has 1 atom stereocenters. The number of unbranched alkanes of at least 4 members (excludes halogenated alkanes) is 1. The molecule has 2 rings (SSSR count). The van der Waals surface area contributed by atoms with Crippen molar-refractivity contribution in [2.45, 2.75) is 50.0 Å². The van der Waals surface area contributed by atoms with Crippen molar-refractivity contribution in [3.63, 3.8) is 0 Å². The lowest BCUT2D eigenvalue weighted by Crippen LogP contribution is -2.47. The highest BCUT2D eigenvalue weighted by atomic mass is 32.2. The van der Waals surface area contributed by atoms with Gasteiger partial charge >= 0.3 is 0 Å². The third kappa shape index (κ3) is 8.66. The summed E-state index contributed by atoms with van der Waals surface area (Å²) in [6.07, 6.45) is 6.90. The Bertz CT molecular complexity index is 705. The Morgan fingerprint density at radius 1 is 1.21 bits per heavy atom. The van der Waals surface area contributed by atoms with Crippen molar-refractivity contribution in [2.75, 3.05) is 38.2 Å². The average molecular weight is 442 g/mol. The van der Waals surface area contributed by atoms with Crippen molar-refractivity contribution in [3.8, 4) is 0 Å². The lowest BCUT2D eigenvalue weighted by Gasteiger charge is -2.30. The van der Waals surface area contributed by atoms with Crippen molar-refractivity contribution in [1.82, 2.24) is 14.9 Å². The highest BCUT2D eigenvalue weighted by Crippen LogP contribution is 2.16. The maximum Gasteiger partial charge on any atom is 0.241 e. The summed E-state index contributed by atoms with van der Waals surface area (Å²) in [4.78, 5) is 15.3. The second kappa shape index (κ2) is 12.6. The number of likely N-dealkylation sites (tertiary alicyclic amines) is 1. The van der Waals surface area contributed by atoms with Crippen LogP contribution in [0.25, 0.3) is 0 Å². The highest BCUT2D eigenvalue weighted by molar-refractivity contribution is 7.98. The van der Waals surface area contributed by atoms with E-state index in [0.29, 0.717) is 18.7 Å². The number of piperidine rings is 1. The zero-order valence-electron chi connectivity index (χ0n) is 17.6. The number of carbonyl (C=O) groups is 1. The van der Waals surface area contributed by atoms with E-state index in [0.717, 1.165) is 25.3 Å². The Morgan fingerprint density at radius 3 is 2.55 bits per heavy atom. The Hall–Kier alpha value is -1.09. The lowest BCUT2D eigenvalue weighted by molar-refractivity contribution is -0.122. The average Bonchev–Trinajstić information content (AvgIpc) is 2.72. The number of amides is 1. The van der Waals surface area contributed by atoms with E-state index in [1.165, 1.54) is 38.1 Å². The second-order valence-electron chi connectivity index (χ2n) is 7.79. The molecule has 1 aromatic rings. The van der Waals surface area contributed by atoms with E-state index in [1.807, 2.05) is 6.26 Å². The van der Waals surface area contributed by atoms with Crippen LogP contribution in [0.4, 0.5) is 0 Å². The third-order valence-corrected chi connectivity index (χ3v) is 7.49. The molecule has 164 valence electrons. The molecule has 1 heterocycles. The summed E-state index contributed by atoms with van der Waals surface area (Å²) in [5.74, 6) is 1.30. The Labute approximate surface area is 180 Å². The zero-order valence-corrected chi connectivity index (χ0v) is 19.2. The molecule has 0 aromatic heterocycles. The number of benzene rings is 1. The number of sulfonamides is 1. The van der Waals surface area contributed by atoms with Gasteiger partial charge in [-0.05, 0) is 81.8 Å². The highest BCUT2D eigenvalue weighted by Gasteiger charge is 2.25. The molecule has 0 bridgehead atoms. The summed E-state index contributed by atoms with van der Waals surface area (Å²) in [6, 6.07) is 7.43. The monoisotopic (exact) mass is 441 g/mol. The summed E-state index contributed by atoms with van der Waals surface area (Å²) < 4.78 is 27.7. The van der Waals surface area contributed by atoms with E-state index in [1.54, 1.807) is 30.0 Å². The minimum atomic E-state index is -3.72. The summed E-state index contributed by atoms with van der Waals surface area (Å²) in [6.45, 7) is 6.30. The van der Waals surface area contributed by atoms with Gasteiger partial charge in [-0.15, -0.1) is 0 Å². The number of hydrogen-bond acceptors (Lipinski definition) is 5. The molecule has 0 aliphatic carbocycles. The minimum absolute atomic E-state index is 0.179. The fraction of sp³-hybridized carbons (Fsp3) is 0.667. The number of carbonyl (C=O) groups excluding carboxylic acids is 1. The van der Waals surface area contributed by atoms with Crippen molar-refractivity contribution in [3.05, 3.63) is 30.3 Å². The predicted octanol–water partition coefficient (Wildman–Crippen LogP) is 2.71. The standard InChI is InChI=1S/C21H35N3O3S2/c1-18-10-15-24(16-11-18)14-7-6-13-22-21(25)20(12-17-28-2)23-29(26,27)19-8-4-3-5-9-19/h3-5,8-9,18,20,23H,6-7,10-17H2,1-2H3,(H,22,25). The fourth-order valence-electron chi connectivity index (χ4n) is 3.42. The molecule has 1 amide bonds. The Morgan fingerprint density at radius 2 is 1.90 bits per heavy atom. The fourth-order valence-corrected chi connectivity index (χ4v) is 5.14. The molecule has 1 aromatic carbocycles. The van der Waals surface area contributed by atoms with Crippen LogP contribution in [-0.4, -0.2) is 63.5 Å². The van der Waals surface area contributed by atoms with Gasteiger partial charge in [-0.3, -0.25) is 4.79 Å². The van der Waals surface area contributed by atoms with Gasteiger partial charge in [0.25, 0.3) is 0 Å². The molecule has 8 heteroatoms. The van der Waals surface area contributed by atoms with Crippen LogP contribution in [0.2, 0.25) is 0 Å². The van der Waals surface area contributed by atoms with Crippen LogP contribution in [-0.2, 0) is 14.8 Å². The summed E-state index contributed by atoms with van der Waals surface area (Å²) >= 11 is 1.60. The lowest BCUT2D eigenvalue weighted by atomic mass is 9.99. The number of hydrogen-bond donors (Lipinski definition) is 2. The molecule has 1 aliphatic heterocycles. The zero-order chi connectivity index (χ0) is 21.1. The summed E-state index contributed by atoms with van der Waals surface area (Å²) in [5, 5.41) is 2.92. The molecule has 1 fully saturated rings. The van der Waals surface area contributed by atoms with Crippen LogP contribution in [0.3, 0.4) is 0 Å². The van der Waals surface area contributed by atoms with Crippen molar-refractivity contribution in [2.24, 2.45) is 5.92 Å². The van der Waals surface area contributed by atoms with Crippen LogP contribution in [0.5, 0.6) is 0 Å². The molecule has 1 aliphatic rings. The van der Waals surface area contributed by atoms with Gasteiger partial charge in [0.2, 0.25) is 15.9 Å². The number of thioether (sulfide) groups is 1. The van der Waals surface area contributed by atoms with Gasteiger partial charge in [0.05, 0.1) is 4.90 Å². The summed E-state index contributed by atoms with van der Waals surface area (Å²) in [5.41, 5.74) is 0. The van der Waals surface area contributed by atoms with E-state index >= 15 is 0 Å². The molecular weight excluding hydrogens is 406 g/mol. The van der Waals surface area contributed by atoms with E-state index in [2.05, 4.69) is 21.9 Å². The van der Waals surface area contributed by atoms with Crippen LogP contribution < -0.4 is 10.0 Å². The van der Waals surface area contributed by atoms with Crippen LogP contribution in [0.1, 0.15) is 39.0 Å². The minimum Gasteiger partial charge on any atom is -0.355 e. The van der Waals surface area contributed by atoms with Crippen molar-refractivity contribution >= 4 is 27.7 Å². The van der Waals surface area contributed by atoms with Crippen LogP contribution in [0, 0.1) is 5.92 Å². The number of rotatable bonds is 12. The maximum absolute atomic E-state index is 12.6. The van der Waals surface area contributed by atoms with Gasteiger partial charge in [-0.1, -0.05) is 25.1 Å². The van der Waals surface area contributed by atoms with E-state index in [4.69, 9.17) is 0 Å². The number of nitrogens with zero attached hydrogens (tertiary/aromatic N) is 1. The maximum atomic E-state index is 12.6. The first-order chi connectivity index (χ1) is 13.9. The SMILES string of the molecule is CSCCC(NS(=O)(=O)c1ccccc1)C(=O)NCCCCN1CCC(C)CC1. The van der Waals surface area contributed by atoms with Gasteiger partial charge < -0.3 is 10.2 Å². The molecular formula is C21H35N3O3S2. The molecule has 0 saturated carbocycles. The molecule has 0 spiro atoms. The first-order valence-electron chi connectivity index (χ1n) is 10.5. The van der Waals surface area contributed by atoms with Gasteiger partial charge in [0.1, 0.15) is 6.04 Å². The van der Waals surface area contributed by atoms with E-state index in [9.17, 15) is 13.2 Å². The molecule has 1 saturated heterocycles. The third-order valence-electron chi connectivity index (χ3n) is 5.35. The van der Waals surface area contributed by atoms with Crippen molar-refractivity contribution < 1.29 is 13.2 Å². The van der Waals surface area contributed by atoms with Crippen LogP contribution >= 0.6 is 11.8 Å². The largest absolute Gasteiger partial charge is 0.355 e. The molecule has 1 unspecified atom stereocenters. The Kier molecular flexibility index (Phi) is 10.5. The molecule has 29 heavy (non-hydrogen) atoms. The molecule has 2 N–H and O–H groups in total. The predicted molar refractivity (Wildman–Crippen MR) is 121 cm³/mol. The summed E-state index contributed by atoms with van der Waals surface area (Å²) in [7, 11) is -3.72. The van der Waals surface area contributed by atoms with Crippen LogP contribution in [0.15, 0.2) is 35.2 Å². The molecule has 0 radical (unpaired) electrons. The number of nitrogens with one attached hydrogen (secondary N) is 2. The molecule has 6 nitrogen and oxygen atoms in total. The van der Waals surface area contributed by atoms with Crippen molar-refractivity contribution in [1.29, 1.82) is 0 Å². The van der Waals surface area contributed by atoms with E-state index < -0.39 is 16.1 Å². The topological polar surface area (TPSA) is 78.5 Å². The normalized spacial score (nSPS) is 17.2. The van der Waals surface area contributed by atoms with Gasteiger partial charge in [-0.2, -0.15) is 16.5 Å². The van der Waals surface area contributed by atoms with Gasteiger partial charge in [0.15, 0.2) is 0 Å². The first-order valence-corrected chi connectivity index (χ1v) is 13.4.